The zero-order valence-corrected chi connectivity index (χ0v) is 29.9. The molecule has 7 aromatic carbocycles. The molecule has 1 aromatic heterocycles. The maximum Gasteiger partial charge on any atom is 0.160 e. The van der Waals surface area contributed by atoms with Crippen molar-refractivity contribution in [2.45, 2.75) is 38.5 Å². The van der Waals surface area contributed by atoms with Crippen LogP contribution in [0.15, 0.2) is 158 Å². The molecule has 0 atom stereocenters. The van der Waals surface area contributed by atoms with Gasteiger partial charge in [0.25, 0.3) is 0 Å². The molecule has 0 N–H and O–H groups in total. The average Bonchev–Trinajstić information content (AvgIpc) is 3.56. The van der Waals surface area contributed by atoms with E-state index in [1.54, 1.807) is 0 Å². The van der Waals surface area contributed by atoms with Crippen LogP contribution in [0, 0.1) is 0 Å². The second kappa shape index (κ2) is 11.2. The molecule has 0 fully saturated rings. The third kappa shape index (κ3) is 4.57. The largest absolute Gasteiger partial charge is 0.228 e. The van der Waals surface area contributed by atoms with Crippen molar-refractivity contribution in [2.75, 3.05) is 0 Å². The number of benzene rings is 7. The first-order valence-electron chi connectivity index (χ1n) is 18.2. The van der Waals surface area contributed by atoms with Crippen molar-refractivity contribution >= 4 is 10.8 Å². The summed E-state index contributed by atoms with van der Waals surface area (Å²) >= 11 is 0. The number of fused-ring (bicyclic) bond motifs is 7. The van der Waals surface area contributed by atoms with Gasteiger partial charge in [-0.3, -0.25) is 0 Å². The summed E-state index contributed by atoms with van der Waals surface area (Å²) in [6.45, 7) is 9.37. The van der Waals surface area contributed by atoms with Crippen molar-refractivity contribution in [1.82, 2.24) is 9.97 Å². The Balaban J connectivity index is 1.10. The number of aromatic nitrogens is 2. The van der Waals surface area contributed by atoms with Gasteiger partial charge in [-0.15, -0.1) is 0 Å². The van der Waals surface area contributed by atoms with E-state index < -0.39 is 0 Å². The molecule has 0 unspecified atom stereocenters. The maximum atomic E-state index is 5.28. The van der Waals surface area contributed by atoms with Crippen LogP contribution in [0.5, 0.6) is 0 Å². The predicted octanol–water partition coefficient (Wildman–Crippen LogP) is 12.9. The van der Waals surface area contributed by atoms with E-state index in [0.29, 0.717) is 0 Å². The lowest BCUT2D eigenvalue weighted by Crippen LogP contribution is -2.14. The molecule has 248 valence electrons. The summed E-state index contributed by atoms with van der Waals surface area (Å²) in [4.78, 5) is 10.5. The van der Waals surface area contributed by atoms with Crippen LogP contribution in [0.25, 0.3) is 78.1 Å². The number of nitrogens with zero attached hydrogens (tertiary/aromatic N) is 2. The van der Waals surface area contributed by atoms with Crippen LogP contribution >= 0.6 is 0 Å². The first kappa shape index (κ1) is 30.7. The van der Waals surface area contributed by atoms with Gasteiger partial charge in [0.2, 0.25) is 0 Å². The molecule has 2 heteroatoms. The topological polar surface area (TPSA) is 25.8 Å². The zero-order chi connectivity index (χ0) is 35.2. The highest BCUT2D eigenvalue weighted by Crippen LogP contribution is 2.53. The molecular formula is C50H38N2. The van der Waals surface area contributed by atoms with E-state index in [4.69, 9.17) is 9.97 Å². The van der Waals surface area contributed by atoms with Crippen molar-refractivity contribution in [3.63, 3.8) is 0 Å². The first-order chi connectivity index (χ1) is 25.3. The van der Waals surface area contributed by atoms with E-state index in [1.165, 1.54) is 66.4 Å². The molecule has 2 aliphatic carbocycles. The standard InChI is InChI=1S/C50H38N2/c1-49(2)41-19-11-10-17-37(41)38-26-25-36(29-43(38)49)31-21-23-32(24-22-31)45-30-46(52-48(51-45)33-13-6-5-7-14-33)39-18-12-20-42-47(39)40-27-34-15-8-9-16-35(34)28-44(40)50(42,3)4/h5-30H,1-4H3. The minimum Gasteiger partial charge on any atom is -0.228 e. The van der Waals surface area contributed by atoms with E-state index in [9.17, 15) is 0 Å². The molecule has 0 radical (unpaired) electrons. The quantitative estimate of drug-likeness (QED) is 0.187. The minimum atomic E-state index is -0.131. The van der Waals surface area contributed by atoms with Crippen LogP contribution in [0.2, 0.25) is 0 Å². The molecule has 0 aliphatic heterocycles. The monoisotopic (exact) mass is 666 g/mol. The molecule has 52 heavy (non-hydrogen) atoms. The lowest BCUT2D eigenvalue weighted by atomic mass is 9.81. The van der Waals surface area contributed by atoms with Gasteiger partial charge in [-0.2, -0.15) is 0 Å². The lowest BCUT2D eigenvalue weighted by molar-refractivity contribution is 0.660. The molecule has 0 saturated carbocycles. The van der Waals surface area contributed by atoms with Crippen molar-refractivity contribution in [2.24, 2.45) is 0 Å². The van der Waals surface area contributed by atoms with E-state index in [0.717, 1.165) is 33.9 Å². The fourth-order valence-electron chi connectivity index (χ4n) is 8.85. The van der Waals surface area contributed by atoms with Gasteiger partial charge in [-0.05, 0) is 90.7 Å². The van der Waals surface area contributed by atoms with Crippen LogP contribution in [-0.2, 0) is 10.8 Å². The van der Waals surface area contributed by atoms with Gasteiger partial charge < -0.3 is 0 Å². The third-order valence-electron chi connectivity index (χ3n) is 11.7. The molecular weight excluding hydrogens is 629 g/mol. The highest BCUT2D eigenvalue weighted by molar-refractivity contribution is 5.98. The second-order valence-electron chi connectivity index (χ2n) is 15.4. The van der Waals surface area contributed by atoms with E-state index in [1.807, 2.05) is 6.07 Å². The molecule has 8 aromatic rings. The van der Waals surface area contributed by atoms with Gasteiger partial charge in [-0.25, -0.2) is 9.97 Å². The van der Waals surface area contributed by atoms with E-state index in [2.05, 4.69) is 179 Å². The van der Waals surface area contributed by atoms with Gasteiger partial charge in [-0.1, -0.05) is 161 Å². The Morgan fingerprint density at radius 3 is 1.73 bits per heavy atom. The summed E-state index contributed by atoms with van der Waals surface area (Å²) in [5, 5.41) is 2.53. The molecule has 2 nitrogen and oxygen atoms in total. The molecule has 0 saturated heterocycles. The normalized spacial score (nSPS) is 14.5. The van der Waals surface area contributed by atoms with Gasteiger partial charge in [0, 0.05) is 27.5 Å². The highest BCUT2D eigenvalue weighted by Gasteiger charge is 2.38. The van der Waals surface area contributed by atoms with Gasteiger partial charge in [0.1, 0.15) is 0 Å². The van der Waals surface area contributed by atoms with Crippen LogP contribution in [0.3, 0.4) is 0 Å². The molecule has 0 bridgehead atoms. The lowest BCUT2D eigenvalue weighted by Gasteiger charge is -2.22. The summed E-state index contributed by atoms with van der Waals surface area (Å²) in [5.41, 5.74) is 18.1. The molecule has 0 amide bonds. The molecule has 1 heterocycles. The fourth-order valence-corrected chi connectivity index (χ4v) is 8.85. The third-order valence-corrected chi connectivity index (χ3v) is 11.7. The SMILES string of the molecule is CC1(C)c2ccccc2-c2ccc(-c3ccc(-c4cc(-c5cccc6c5-c5cc7ccccc7cc5C6(C)C)nc(-c5ccccc5)n4)cc3)cc21. The molecule has 0 spiro atoms. The van der Waals surface area contributed by atoms with Crippen LogP contribution in [0.1, 0.15) is 49.9 Å². The van der Waals surface area contributed by atoms with Gasteiger partial charge in [0.05, 0.1) is 11.4 Å². The highest BCUT2D eigenvalue weighted by atomic mass is 14.9. The summed E-state index contributed by atoms with van der Waals surface area (Å²) in [7, 11) is 0. The second-order valence-corrected chi connectivity index (χ2v) is 15.4. The van der Waals surface area contributed by atoms with Crippen LogP contribution in [0.4, 0.5) is 0 Å². The molecule has 10 rings (SSSR count). The number of rotatable bonds is 4. The van der Waals surface area contributed by atoms with Gasteiger partial charge >= 0.3 is 0 Å². The van der Waals surface area contributed by atoms with Crippen molar-refractivity contribution in [1.29, 1.82) is 0 Å². The Kier molecular flexibility index (Phi) is 6.60. The van der Waals surface area contributed by atoms with Crippen molar-refractivity contribution in [3.8, 4) is 67.3 Å². The summed E-state index contributed by atoms with van der Waals surface area (Å²) in [5.74, 6) is 0.728. The van der Waals surface area contributed by atoms with Crippen LogP contribution < -0.4 is 0 Å². The van der Waals surface area contributed by atoms with Gasteiger partial charge in [0.15, 0.2) is 5.82 Å². The Bertz CT molecular complexity index is 2720. The summed E-state index contributed by atoms with van der Waals surface area (Å²) in [6.07, 6.45) is 0. The Morgan fingerprint density at radius 1 is 0.346 bits per heavy atom. The Morgan fingerprint density at radius 2 is 0.923 bits per heavy atom. The van der Waals surface area contributed by atoms with Crippen molar-refractivity contribution < 1.29 is 0 Å². The van der Waals surface area contributed by atoms with Crippen molar-refractivity contribution in [3.05, 3.63) is 180 Å². The smallest absolute Gasteiger partial charge is 0.160 e. The minimum absolute atomic E-state index is 0.0342. The summed E-state index contributed by atoms with van der Waals surface area (Å²) < 4.78 is 0. The average molecular weight is 667 g/mol. The zero-order valence-electron chi connectivity index (χ0n) is 29.9. The molecule has 2 aliphatic rings. The Hall–Kier alpha value is -6.12. The Labute approximate surface area is 305 Å². The number of hydrogen-bond acceptors (Lipinski definition) is 2. The van der Waals surface area contributed by atoms with Crippen LogP contribution in [-0.4, -0.2) is 9.97 Å². The predicted molar refractivity (Wildman–Crippen MR) is 216 cm³/mol. The summed E-state index contributed by atoms with van der Waals surface area (Å²) in [6, 6.07) is 57.4. The fraction of sp³-hybridized carbons (Fsp3) is 0.120. The number of hydrogen-bond donors (Lipinski definition) is 0. The maximum absolute atomic E-state index is 5.28. The first-order valence-corrected chi connectivity index (χ1v) is 18.2. The van der Waals surface area contributed by atoms with E-state index >= 15 is 0 Å². The van der Waals surface area contributed by atoms with E-state index in [-0.39, 0.29) is 10.8 Å².